The molecule has 3 aliphatic heterocycles. The van der Waals surface area contributed by atoms with E-state index in [-0.39, 0.29) is 18.3 Å². The summed E-state index contributed by atoms with van der Waals surface area (Å²) >= 11 is 0. The Balaban J connectivity index is 1.39. The smallest absolute Gasteiger partial charge is 0.142 e. The van der Waals surface area contributed by atoms with Crippen molar-refractivity contribution in [2.75, 3.05) is 39.4 Å². The lowest BCUT2D eigenvalue weighted by Crippen LogP contribution is -2.57. The Kier molecular flexibility index (Phi) is 5.96. The van der Waals surface area contributed by atoms with Crippen molar-refractivity contribution >= 4 is 0 Å². The van der Waals surface area contributed by atoms with E-state index in [1.807, 2.05) is 0 Å². The summed E-state index contributed by atoms with van der Waals surface area (Å²) in [6, 6.07) is 0.481. The normalized spacial score (nSPS) is 37.6. The molecule has 3 saturated heterocycles. The van der Waals surface area contributed by atoms with Crippen LogP contribution in [0.25, 0.3) is 0 Å². The van der Waals surface area contributed by atoms with Crippen molar-refractivity contribution in [2.45, 2.75) is 63.1 Å². The lowest BCUT2D eigenvalue weighted by atomic mass is 9.97. The molecule has 1 aliphatic carbocycles. The van der Waals surface area contributed by atoms with Crippen molar-refractivity contribution in [3.63, 3.8) is 0 Å². The van der Waals surface area contributed by atoms with E-state index in [2.05, 4.69) is 32.9 Å². The average molecular weight is 364 g/mol. The molecule has 6 heteroatoms. The van der Waals surface area contributed by atoms with Gasteiger partial charge in [-0.15, -0.1) is 0 Å². The van der Waals surface area contributed by atoms with Gasteiger partial charge in [0.15, 0.2) is 0 Å². The summed E-state index contributed by atoms with van der Waals surface area (Å²) in [5.41, 5.74) is 1.14. The molecule has 3 heterocycles. The molecule has 0 amide bonds. The van der Waals surface area contributed by atoms with E-state index < -0.39 is 6.23 Å². The van der Waals surface area contributed by atoms with Crippen molar-refractivity contribution in [2.24, 2.45) is 0 Å². The Hall–Kier alpha value is -0.920. The summed E-state index contributed by atoms with van der Waals surface area (Å²) in [5, 5.41) is 21.3. The van der Waals surface area contributed by atoms with Gasteiger partial charge >= 0.3 is 0 Å². The predicted molar refractivity (Wildman–Crippen MR) is 100 cm³/mol. The van der Waals surface area contributed by atoms with Gasteiger partial charge in [0.05, 0.1) is 19.3 Å². The summed E-state index contributed by atoms with van der Waals surface area (Å²) in [4.78, 5) is 6.78. The summed E-state index contributed by atoms with van der Waals surface area (Å²) in [6.07, 6.45) is 12.1. The second kappa shape index (κ2) is 8.40. The fraction of sp³-hybridized carbons (Fsp3) is 0.800. The zero-order chi connectivity index (χ0) is 17.9. The van der Waals surface area contributed by atoms with Crippen LogP contribution in [0.4, 0.5) is 0 Å². The maximum absolute atomic E-state index is 11.0. The molecule has 0 aromatic heterocycles. The third-order valence-corrected chi connectivity index (χ3v) is 6.40. The van der Waals surface area contributed by atoms with E-state index >= 15 is 0 Å². The monoisotopic (exact) mass is 363 g/mol. The number of aliphatic hydroxyl groups is 2. The molecular weight excluding hydrogens is 330 g/mol. The Bertz CT molecular complexity index is 532. The SMILES string of the molecule is OC1C(N2CCOCC2)CCCN1C1=CCC(N2CCCCC2O)C=C1. The van der Waals surface area contributed by atoms with Crippen molar-refractivity contribution < 1.29 is 14.9 Å². The minimum absolute atomic E-state index is 0.198. The number of ether oxygens (including phenoxy) is 1. The van der Waals surface area contributed by atoms with Crippen molar-refractivity contribution in [3.05, 3.63) is 23.9 Å². The van der Waals surface area contributed by atoms with Gasteiger partial charge in [-0.2, -0.15) is 0 Å². The molecule has 0 bridgehead atoms. The van der Waals surface area contributed by atoms with Gasteiger partial charge in [-0.3, -0.25) is 9.80 Å². The first-order valence-corrected chi connectivity index (χ1v) is 10.3. The number of hydrogen-bond acceptors (Lipinski definition) is 6. The molecule has 0 saturated carbocycles. The highest BCUT2D eigenvalue weighted by Gasteiger charge is 2.36. The first kappa shape index (κ1) is 18.4. The van der Waals surface area contributed by atoms with Crippen LogP contribution in [0.2, 0.25) is 0 Å². The third kappa shape index (κ3) is 3.85. The van der Waals surface area contributed by atoms with Gasteiger partial charge in [0.1, 0.15) is 12.5 Å². The number of rotatable bonds is 3. The largest absolute Gasteiger partial charge is 0.379 e. The van der Waals surface area contributed by atoms with Gasteiger partial charge < -0.3 is 19.8 Å². The lowest BCUT2D eigenvalue weighted by molar-refractivity contribution is -0.0905. The van der Waals surface area contributed by atoms with E-state index in [9.17, 15) is 10.2 Å². The molecule has 26 heavy (non-hydrogen) atoms. The second-order valence-corrected chi connectivity index (χ2v) is 7.97. The van der Waals surface area contributed by atoms with Gasteiger partial charge in [-0.25, -0.2) is 0 Å². The van der Waals surface area contributed by atoms with Gasteiger partial charge in [0, 0.05) is 37.9 Å². The zero-order valence-corrected chi connectivity index (χ0v) is 15.7. The summed E-state index contributed by atoms with van der Waals surface area (Å²) in [6.45, 7) is 5.26. The Morgan fingerprint density at radius 1 is 0.962 bits per heavy atom. The molecule has 6 nitrogen and oxygen atoms in total. The minimum atomic E-state index is -0.449. The highest BCUT2D eigenvalue weighted by atomic mass is 16.5. The van der Waals surface area contributed by atoms with Crippen LogP contribution in [0, 0.1) is 0 Å². The molecular formula is C20H33N3O3. The standard InChI is InChI=1S/C20H33N3O3/c24-19-5-1-2-10-22(19)16-6-8-17(9-7-16)23-11-3-4-18(20(23)25)21-12-14-26-15-13-21/h6,8-9,16,18-20,24-25H,1-5,7,10-15H2. The Labute approximate surface area is 156 Å². The van der Waals surface area contributed by atoms with Crippen LogP contribution in [0.5, 0.6) is 0 Å². The summed E-state index contributed by atoms with van der Waals surface area (Å²) in [5.74, 6) is 0. The van der Waals surface area contributed by atoms with Gasteiger partial charge in [0.2, 0.25) is 0 Å². The van der Waals surface area contributed by atoms with Crippen molar-refractivity contribution in [1.82, 2.24) is 14.7 Å². The molecule has 0 radical (unpaired) electrons. The van der Waals surface area contributed by atoms with Crippen LogP contribution < -0.4 is 0 Å². The van der Waals surface area contributed by atoms with Crippen LogP contribution >= 0.6 is 0 Å². The molecule has 3 fully saturated rings. The fourth-order valence-corrected chi connectivity index (χ4v) is 4.90. The number of piperidine rings is 2. The predicted octanol–water partition coefficient (Wildman–Crippen LogP) is 1.12. The fourth-order valence-electron chi connectivity index (χ4n) is 4.90. The van der Waals surface area contributed by atoms with E-state index in [0.29, 0.717) is 0 Å². The van der Waals surface area contributed by atoms with Crippen LogP contribution in [0.3, 0.4) is 0 Å². The highest BCUT2D eigenvalue weighted by molar-refractivity contribution is 5.25. The quantitative estimate of drug-likeness (QED) is 0.784. The number of aliphatic hydroxyl groups excluding tert-OH is 2. The Morgan fingerprint density at radius 2 is 1.81 bits per heavy atom. The summed E-state index contributed by atoms with van der Waals surface area (Å²) < 4.78 is 5.46. The molecule has 0 aromatic rings. The molecule has 4 unspecified atom stereocenters. The molecule has 146 valence electrons. The van der Waals surface area contributed by atoms with E-state index in [0.717, 1.165) is 77.2 Å². The topological polar surface area (TPSA) is 59.4 Å². The number of hydrogen-bond donors (Lipinski definition) is 2. The molecule has 4 rings (SSSR count). The summed E-state index contributed by atoms with van der Waals surface area (Å²) in [7, 11) is 0. The van der Waals surface area contributed by atoms with Crippen LogP contribution in [-0.2, 0) is 4.74 Å². The second-order valence-electron chi connectivity index (χ2n) is 7.97. The number of allylic oxidation sites excluding steroid dienone is 1. The number of likely N-dealkylation sites (tertiary alicyclic amines) is 2. The van der Waals surface area contributed by atoms with E-state index in [4.69, 9.17) is 4.74 Å². The maximum Gasteiger partial charge on any atom is 0.142 e. The Morgan fingerprint density at radius 3 is 2.54 bits per heavy atom. The van der Waals surface area contributed by atoms with E-state index in [1.165, 1.54) is 6.42 Å². The van der Waals surface area contributed by atoms with E-state index in [1.54, 1.807) is 0 Å². The lowest BCUT2D eigenvalue weighted by Gasteiger charge is -2.46. The molecule has 4 aliphatic rings. The highest BCUT2D eigenvalue weighted by Crippen LogP contribution is 2.29. The molecule has 4 atom stereocenters. The molecule has 0 spiro atoms. The third-order valence-electron chi connectivity index (χ3n) is 6.40. The van der Waals surface area contributed by atoms with Crippen LogP contribution in [0.15, 0.2) is 23.9 Å². The molecule has 2 N–H and O–H groups in total. The maximum atomic E-state index is 11.0. The average Bonchev–Trinajstić information content (AvgIpc) is 2.69. The first-order valence-electron chi connectivity index (χ1n) is 10.3. The van der Waals surface area contributed by atoms with Gasteiger partial charge in [-0.05, 0) is 44.6 Å². The number of morpholine rings is 1. The first-order chi connectivity index (χ1) is 12.7. The van der Waals surface area contributed by atoms with Crippen LogP contribution in [0.1, 0.15) is 38.5 Å². The van der Waals surface area contributed by atoms with Gasteiger partial charge in [0.25, 0.3) is 0 Å². The van der Waals surface area contributed by atoms with Crippen molar-refractivity contribution in [3.8, 4) is 0 Å². The van der Waals surface area contributed by atoms with Crippen LogP contribution in [-0.4, -0.2) is 88.8 Å². The zero-order valence-electron chi connectivity index (χ0n) is 15.7. The minimum Gasteiger partial charge on any atom is -0.379 e. The van der Waals surface area contributed by atoms with Crippen molar-refractivity contribution in [1.29, 1.82) is 0 Å². The van der Waals surface area contributed by atoms with Gasteiger partial charge in [-0.1, -0.05) is 12.2 Å². The molecule has 0 aromatic carbocycles. The number of nitrogens with zero attached hydrogens (tertiary/aromatic N) is 3.